The summed E-state index contributed by atoms with van der Waals surface area (Å²) in [5, 5.41) is 11.7. The van der Waals surface area contributed by atoms with Gasteiger partial charge in [0.05, 0.1) is 17.7 Å². The lowest BCUT2D eigenvalue weighted by molar-refractivity contribution is 0.0642. The Morgan fingerprint density at radius 2 is 2.29 bits per heavy atom. The Morgan fingerprint density at radius 3 is 3.05 bits per heavy atom. The zero-order valence-corrected chi connectivity index (χ0v) is 12.0. The van der Waals surface area contributed by atoms with Crippen molar-refractivity contribution in [3.8, 4) is 11.8 Å². The maximum atomic E-state index is 12.3. The summed E-state index contributed by atoms with van der Waals surface area (Å²) >= 11 is 0. The first kappa shape index (κ1) is 15.5. The zero-order valence-electron chi connectivity index (χ0n) is 12.0. The molecule has 0 aliphatic carbocycles. The highest BCUT2D eigenvalue weighted by atomic mass is 16.5. The molecule has 0 spiro atoms. The van der Waals surface area contributed by atoms with Crippen molar-refractivity contribution in [3.63, 3.8) is 0 Å². The number of nitrogens with one attached hydrogen (secondary N) is 1. The molecule has 1 aliphatic rings. The van der Waals surface area contributed by atoms with E-state index in [1.54, 1.807) is 18.5 Å². The largest absolute Gasteiger partial charge is 0.395 e. The van der Waals surface area contributed by atoms with Crippen LogP contribution in [0.3, 0.4) is 0 Å². The van der Waals surface area contributed by atoms with E-state index < -0.39 is 0 Å². The van der Waals surface area contributed by atoms with Crippen LogP contribution in [-0.2, 0) is 4.74 Å². The van der Waals surface area contributed by atoms with Crippen molar-refractivity contribution in [1.82, 2.24) is 10.3 Å². The molecule has 0 unspecified atom stereocenters. The van der Waals surface area contributed by atoms with E-state index in [-0.39, 0.29) is 12.5 Å². The fraction of sp³-hybridized carbons (Fsp3) is 0.500. The van der Waals surface area contributed by atoms with Crippen molar-refractivity contribution in [2.45, 2.75) is 19.3 Å². The van der Waals surface area contributed by atoms with E-state index in [4.69, 9.17) is 9.84 Å². The van der Waals surface area contributed by atoms with Gasteiger partial charge in [0.1, 0.15) is 0 Å². The monoisotopic (exact) mass is 288 g/mol. The molecule has 112 valence electrons. The number of aliphatic hydroxyl groups excluding tert-OH is 1. The molecule has 1 aromatic heterocycles. The molecule has 1 amide bonds. The standard InChI is InChI=1S/C16H20N2O3/c19-8-2-1-3-14-12-17-7-4-15(14)16(20)18-11-13-5-9-21-10-6-13/h4,7,12-13,19H,2,5-6,8-11H2,(H,18,20). The number of rotatable bonds is 4. The maximum Gasteiger partial charge on any atom is 0.252 e. The van der Waals surface area contributed by atoms with Gasteiger partial charge in [-0.25, -0.2) is 0 Å². The van der Waals surface area contributed by atoms with E-state index in [0.717, 1.165) is 26.1 Å². The second-order valence-corrected chi connectivity index (χ2v) is 4.96. The van der Waals surface area contributed by atoms with Gasteiger partial charge in [-0.15, -0.1) is 0 Å². The molecule has 1 aliphatic heterocycles. The fourth-order valence-electron chi connectivity index (χ4n) is 2.19. The van der Waals surface area contributed by atoms with Crippen molar-refractivity contribution in [2.24, 2.45) is 5.92 Å². The van der Waals surface area contributed by atoms with Gasteiger partial charge in [-0.05, 0) is 24.8 Å². The van der Waals surface area contributed by atoms with E-state index >= 15 is 0 Å². The third kappa shape index (κ3) is 4.85. The second kappa shape index (κ2) is 8.40. The van der Waals surface area contributed by atoms with Gasteiger partial charge < -0.3 is 15.2 Å². The van der Waals surface area contributed by atoms with E-state index in [0.29, 0.717) is 30.0 Å². The molecule has 0 atom stereocenters. The smallest absolute Gasteiger partial charge is 0.252 e. The van der Waals surface area contributed by atoms with Crippen molar-refractivity contribution in [1.29, 1.82) is 0 Å². The van der Waals surface area contributed by atoms with E-state index in [2.05, 4.69) is 22.1 Å². The lowest BCUT2D eigenvalue weighted by Crippen LogP contribution is -2.32. The van der Waals surface area contributed by atoms with Gasteiger partial charge in [0.15, 0.2) is 0 Å². The number of aromatic nitrogens is 1. The molecule has 1 fully saturated rings. The van der Waals surface area contributed by atoms with Crippen LogP contribution in [0, 0.1) is 17.8 Å². The van der Waals surface area contributed by atoms with Crippen LogP contribution in [0.5, 0.6) is 0 Å². The number of hydrogen-bond donors (Lipinski definition) is 2. The SMILES string of the molecule is O=C(NCC1CCOCC1)c1ccncc1C#CCCO. The third-order valence-electron chi connectivity index (χ3n) is 3.42. The summed E-state index contributed by atoms with van der Waals surface area (Å²) in [5.41, 5.74) is 1.12. The molecule has 2 heterocycles. The molecular weight excluding hydrogens is 268 g/mol. The van der Waals surface area contributed by atoms with Gasteiger partial charge in [0.2, 0.25) is 0 Å². The van der Waals surface area contributed by atoms with Gasteiger partial charge in [-0.1, -0.05) is 11.8 Å². The molecule has 0 radical (unpaired) electrons. The van der Waals surface area contributed by atoms with Gasteiger partial charge in [-0.3, -0.25) is 9.78 Å². The highest BCUT2D eigenvalue weighted by Crippen LogP contribution is 2.14. The molecular formula is C16H20N2O3. The number of hydrogen-bond acceptors (Lipinski definition) is 4. The minimum Gasteiger partial charge on any atom is -0.395 e. The fourth-order valence-corrected chi connectivity index (χ4v) is 2.19. The highest BCUT2D eigenvalue weighted by molar-refractivity contribution is 5.96. The summed E-state index contributed by atoms with van der Waals surface area (Å²) in [4.78, 5) is 16.2. The molecule has 2 rings (SSSR count). The molecule has 5 nitrogen and oxygen atoms in total. The molecule has 21 heavy (non-hydrogen) atoms. The quantitative estimate of drug-likeness (QED) is 0.810. The number of pyridine rings is 1. The average Bonchev–Trinajstić information content (AvgIpc) is 2.54. The predicted molar refractivity (Wildman–Crippen MR) is 78.7 cm³/mol. The number of carbonyl (C=O) groups is 1. The molecule has 2 N–H and O–H groups in total. The van der Waals surface area contributed by atoms with E-state index in [1.807, 2.05) is 0 Å². The van der Waals surface area contributed by atoms with Crippen molar-refractivity contribution in [2.75, 3.05) is 26.4 Å². The lowest BCUT2D eigenvalue weighted by atomic mass is 10.00. The van der Waals surface area contributed by atoms with Crippen LogP contribution >= 0.6 is 0 Å². The first-order valence-corrected chi connectivity index (χ1v) is 7.21. The number of ether oxygens (including phenoxy) is 1. The van der Waals surface area contributed by atoms with Crippen LogP contribution in [0.15, 0.2) is 18.5 Å². The molecule has 0 saturated carbocycles. The summed E-state index contributed by atoms with van der Waals surface area (Å²) in [7, 11) is 0. The first-order chi connectivity index (χ1) is 10.3. The van der Waals surface area contributed by atoms with E-state index in [9.17, 15) is 4.79 Å². The Morgan fingerprint density at radius 1 is 1.48 bits per heavy atom. The molecule has 1 aromatic rings. The van der Waals surface area contributed by atoms with Crippen LogP contribution < -0.4 is 5.32 Å². The normalized spacial score (nSPS) is 15.1. The van der Waals surface area contributed by atoms with Crippen LogP contribution in [0.2, 0.25) is 0 Å². The maximum absolute atomic E-state index is 12.3. The second-order valence-electron chi connectivity index (χ2n) is 4.96. The Balaban J connectivity index is 1.96. The Labute approximate surface area is 124 Å². The van der Waals surface area contributed by atoms with Crippen LogP contribution in [0.1, 0.15) is 35.2 Å². The lowest BCUT2D eigenvalue weighted by Gasteiger charge is -2.22. The molecule has 0 bridgehead atoms. The number of nitrogens with zero attached hydrogens (tertiary/aromatic N) is 1. The zero-order chi connectivity index (χ0) is 14.9. The van der Waals surface area contributed by atoms with Crippen LogP contribution in [0.25, 0.3) is 0 Å². The summed E-state index contributed by atoms with van der Waals surface area (Å²) < 4.78 is 5.31. The van der Waals surface area contributed by atoms with Gasteiger partial charge in [-0.2, -0.15) is 0 Å². The minimum atomic E-state index is -0.128. The minimum absolute atomic E-state index is 0.0124. The van der Waals surface area contributed by atoms with Gasteiger partial charge in [0, 0.05) is 38.6 Å². The van der Waals surface area contributed by atoms with E-state index in [1.165, 1.54) is 0 Å². The third-order valence-corrected chi connectivity index (χ3v) is 3.42. The Kier molecular flexibility index (Phi) is 6.20. The predicted octanol–water partition coefficient (Wildman–Crippen LogP) is 0.972. The Bertz CT molecular complexity index is 528. The molecule has 5 heteroatoms. The van der Waals surface area contributed by atoms with Crippen molar-refractivity contribution < 1.29 is 14.6 Å². The van der Waals surface area contributed by atoms with Crippen LogP contribution in [0.4, 0.5) is 0 Å². The summed E-state index contributed by atoms with van der Waals surface area (Å²) in [6.45, 7) is 2.22. The average molecular weight is 288 g/mol. The van der Waals surface area contributed by atoms with Gasteiger partial charge in [0.25, 0.3) is 5.91 Å². The topological polar surface area (TPSA) is 71.5 Å². The highest BCUT2D eigenvalue weighted by Gasteiger charge is 2.16. The number of amides is 1. The molecule has 1 saturated heterocycles. The summed E-state index contributed by atoms with van der Waals surface area (Å²) in [6, 6.07) is 1.67. The summed E-state index contributed by atoms with van der Waals surface area (Å²) in [5.74, 6) is 6.05. The Hall–Kier alpha value is -1.90. The first-order valence-electron chi connectivity index (χ1n) is 7.21. The number of aliphatic hydroxyl groups is 1. The molecule has 0 aromatic carbocycles. The van der Waals surface area contributed by atoms with Crippen molar-refractivity contribution >= 4 is 5.91 Å². The van der Waals surface area contributed by atoms with Crippen LogP contribution in [-0.4, -0.2) is 42.4 Å². The van der Waals surface area contributed by atoms with Gasteiger partial charge >= 0.3 is 0 Å². The number of carbonyl (C=O) groups excluding carboxylic acids is 1. The van der Waals surface area contributed by atoms with Crippen molar-refractivity contribution in [3.05, 3.63) is 29.6 Å². The summed E-state index contributed by atoms with van der Waals surface area (Å²) in [6.07, 6.45) is 5.52.